The molecule has 1 nitrogen and oxygen atoms in total. The minimum atomic E-state index is -0.138. The van der Waals surface area contributed by atoms with Gasteiger partial charge in [0.1, 0.15) is 5.82 Å². The molecule has 0 amide bonds. The van der Waals surface area contributed by atoms with Crippen LogP contribution in [-0.4, -0.2) is 6.04 Å². The zero-order valence-electron chi connectivity index (χ0n) is 12.7. The molecule has 1 aliphatic rings. The van der Waals surface area contributed by atoms with Gasteiger partial charge in [-0.25, -0.2) is 4.39 Å². The van der Waals surface area contributed by atoms with Gasteiger partial charge in [-0.1, -0.05) is 38.1 Å². The van der Waals surface area contributed by atoms with Gasteiger partial charge < -0.3 is 5.32 Å². The van der Waals surface area contributed by atoms with Gasteiger partial charge in [-0.05, 0) is 53.6 Å². The molecule has 0 saturated heterocycles. The third kappa shape index (κ3) is 3.16. The van der Waals surface area contributed by atoms with Crippen LogP contribution in [0, 0.1) is 5.82 Å². The van der Waals surface area contributed by atoms with Gasteiger partial charge in [0.25, 0.3) is 0 Å². The third-order valence-corrected chi connectivity index (χ3v) is 4.15. The van der Waals surface area contributed by atoms with Crippen LogP contribution in [0.2, 0.25) is 0 Å². The van der Waals surface area contributed by atoms with Gasteiger partial charge >= 0.3 is 0 Å². The molecular formula is C19H22FN. The molecule has 0 unspecified atom stereocenters. The van der Waals surface area contributed by atoms with Gasteiger partial charge in [0.15, 0.2) is 0 Å². The van der Waals surface area contributed by atoms with Crippen LogP contribution in [0.15, 0.2) is 36.4 Å². The first-order valence-electron chi connectivity index (χ1n) is 7.77. The highest BCUT2D eigenvalue weighted by atomic mass is 19.1. The zero-order chi connectivity index (χ0) is 14.8. The fourth-order valence-corrected chi connectivity index (χ4v) is 2.96. The summed E-state index contributed by atoms with van der Waals surface area (Å²) in [5, 5.41) is 3.38. The Kier molecular flexibility index (Phi) is 4.07. The normalized spacial score (nSPS) is 13.7. The van der Waals surface area contributed by atoms with Crippen molar-refractivity contribution >= 4 is 0 Å². The van der Waals surface area contributed by atoms with Crippen LogP contribution in [0.25, 0.3) is 11.1 Å². The second-order valence-electron chi connectivity index (χ2n) is 6.19. The second kappa shape index (κ2) is 5.98. The summed E-state index contributed by atoms with van der Waals surface area (Å²) in [6, 6.07) is 12.2. The van der Waals surface area contributed by atoms with Crippen LogP contribution in [0.1, 0.15) is 37.0 Å². The molecule has 0 heterocycles. The minimum Gasteiger partial charge on any atom is -0.310 e. The molecule has 0 bridgehead atoms. The van der Waals surface area contributed by atoms with Gasteiger partial charge in [0, 0.05) is 18.2 Å². The van der Waals surface area contributed by atoms with Crippen molar-refractivity contribution < 1.29 is 4.39 Å². The van der Waals surface area contributed by atoms with Crippen molar-refractivity contribution in [3.8, 4) is 11.1 Å². The third-order valence-electron chi connectivity index (χ3n) is 4.15. The molecule has 21 heavy (non-hydrogen) atoms. The first kappa shape index (κ1) is 14.3. The number of halogens is 1. The van der Waals surface area contributed by atoms with Gasteiger partial charge in [0.05, 0.1) is 0 Å². The molecule has 1 N–H and O–H groups in total. The first-order valence-corrected chi connectivity index (χ1v) is 7.77. The zero-order valence-corrected chi connectivity index (χ0v) is 12.7. The Bertz CT molecular complexity index is 646. The number of aryl methyl sites for hydroxylation is 2. The van der Waals surface area contributed by atoms with Crippen LogP contribution in [0.3, 0.4) is 0 Å². The van der Waals surface area contributed by atoms with E-state index in [1.165, 1.54) is 17.5 Å². The van der Waals surface area contributed by atoms with Crippen molar-refractivity contribution in [1.82, 2.24) is 5.32 Å². The number of hydrogen-bond donors (Lipinski definition) is 1. The molecule has 0 radical (unpaired) electrons. The van der Waals surface area contributed by atoms with Crippen molar-refractivity contribution in [3.05, 3.63) is 58.9 Å². The standard InChI is InChI=1S/C19H22FN/c1-13(2)21-12-14-6-9-19(20)18(10-14)17-8-7-15-4-3-5-16(15)11-17/h6-11,13,21H,3-5,12H2,1-2H3. The van der Waals surface area contributed by atoms with Crippen LogP contribution in [0.4, 0.5) is 4.39 Å². The Morgan fingerprint density at radius 1 is 1.05 bits per heavy atom. The summed E-state index contributed by atoms with van der Waals surface area (Å²) in [5.41, 5.74) is 5.65. The minimum absolute atomic E-state index is 0.138. The Morgan fingerprint density at radius 3 is 2.67 bits per heavy atom. The summed E-state index contributed by atoms with van der Waals surface area (Å²) in [4.78, 5) is 0. The molecule has 3 rings (SSSR count). The number of fused-ring (bicyclic) bond motifs is 1. The lowest BCUT2D eigenvalue weighted by atomic mass is 9.98. The van der Waals surface area contributed by atoms with E-state index < -0.39 is 0 Å². The summed E-state index contributed by atoms with van der Waals surface area (Å²) in [6.45, 7) is 5.01. The maximum Gasteiger partial charge on any atom is 0.131 e. The van der Waals surface area contributed by atoms with Crippen LogP contribution in [-0.2, 0) is 19.4 Å². The van der Waals surface area contributed by atoms with E-state index in [9.17, 15) is 4.39 Å². The molecule has 2 heteroatoms. The fraction of sp³-hybridized carbons (Fsp3) is 0.368. The average molecular weight is 283 g/mol. The van der Waals surface area contributed by atoms with E-state index in [4.69, 9.17) is 0 Å². The number of benzene rings is 2. The molecule has 1 aliphatic carbocycles. The monoisotopic (exact) mass is 283 g/mol. The van der Waals surface area contributed by atoms with E-state index in [-0.39, 0.29) is 5.82 Å². The van der Waals surface area contributed by atoms with E-state index in [2.05, 4.69) is 37.4 Å². The summed E-state index contributed by atoms with van der Waals surface area (Å²) >= 11 is 0. The van der Waals surface area contributed by atoms with Gasteiger partial charge in [-0.3, -0.25) is 0 Å². The maximum absolute atomic E-state index is 14.2. The molecule has 0 aromatic heterocycles. The smallest absolute Gasteiger partial charge is 0.131 e. The lowest BCUT2D eigenvalue weighted by Crippen LogP contribution is -2.21. The van der Waals surface area contributed by atoms with Crippen LogP contribution < -0.4 is 5.32 Å². The van der Waals surface area contributed by atoms with Crippen molar-refractivity contribution in [1.29, 1.82) is 0 Å². The van der Waals surface area contributed by atoms with Gasteiger partial charge in [-0.2, -0.15) is 0 Å². The van der Waals surface area contributed by atoms with E-state index in [0.29, 0.717) is 11.6 Å². The average Bonchev–Trinajstić information content (AvgIpc) is 2.93. The molecular weight excluding hydrogens is 261 g/mol. The molecule has 110 valence electrons. The topological polar surface area (TPSA) is 12.0 Å². The Morgan fingerprint density at radius 2 is 1.86 bits per heavy atom. The predicted octanol–water partition coefficient (Wildman–Crippen LogP) is 4.48. The Balaban J connectivity index is 1.92. The highest BCUT2D eigenvalue weighted by Crippen LogP contribution is 2.30. The van der Waals surface area contributed by atoms with Crippen LogP contribution in [0.5, 0.6) is 0 Å². The highest BCUT2D eigenvalue weighted by Gasteiger charge is 2.13. The predicted molar refractivity (Wildman–Crippen MR) is 85.8 cm³/mol. The highest BCUT2D eigenvalue weighted by molar-refractivity contribution is 5.66. The van der Waals surface area contributed by atoms with Crippen LogP contribution >= 0.6 is 0 Å². The van der Waals surface area contributed by atoms with Crippen molar-refractivity contribution in [2.24, 2.45) is 0 Å². The van der Waals surface area contributed by atoms with Gasteiger partial charge in [-0.15, -0.1) is 0 Å². The largest absolute Gasteiger partial charge is 0.310 e. The molecule has 2 aromatic carbocycles. The summed E-state index contributed by atoms with van der Waals surface area (Å²) in [5.74, 6) is -0.138. The lowest BCUT2D eigenvalue weighted by molar-refractivity contribution is 0.586. The van der Waals surface area contributed by atoms with Crippen molar-refractivity contribution in [2.45, 2.75) is 45.7 Å². The van der Waals surface area contributed by atoms with Crippen molar-refractivity contribution in [2.75, 3.05) is 0 Å². The molecule has 0 aliphatic heterocycles. The Hall–Kier alpha value is -1.67. The van der Waals surface area contributed by atoms with E-state index in [0.717, 1.165) is 30.5 Å². The van der Waals surface area contributed by atoms with E-state index in [1.807, 2.05) is 12.1 Å². The quantitative estimate of drug-likeness (QED) is 0.872. The second-order valence-corrected chi connectivity index (χ2v) is 6.19. The van der Waals surface area contributed by atoms with E-state index >= 15 is 0 Å². The fourth-order valence-electron chi connectivity index (χ4n) is 2.96. The summed E-state index contributed by atoms with van der Waals surface area (Å²) in [6.07, 6.45) is 3.51. The van der Waals surface area contributed by atoms with Crippen molar-refractivity contribution in [3.63, 3.8) is 0 Å². The SMILES string of the molecule is CC(C)NCc1ccc(F)c(-c2ccc3c(c2)CCC3)c1. The maximum atomic E-state index is 14.2. The lowest BCUT2D eigenvalue weighted by Gasteiger charge is -2.11. The van der Waals surface area contributed by atoms with E-state index in [1.54, 1.807) is 6.07 Å². The molecule has 0 spiro atoms. The Labute approximate surface area is 126 Å². The number of nitrogens with one attached hydrogen (secondary N) is 1. The molecule has 0 fully saturated rings. The number of hydrogen-bond acceptors (Lipinski definition) is 1. The molecule has 2 aromatic rings. The summed E-state index contributed by atoms with van der Waals surface area (Å²) in [7, 11) is 0. The van der Waals surface area contributed by atoms with Gasteiger partial charge in [0.2, 0.25) is 0 Å². The molecule has 0 saturated carbocycles. The summed E-state index contributed by atoms with van der Waals surface area (Å²) < 4.78 is 14.2. The number of rotatable bonds is 4. The molecule has 0 atom stereocenters. The first-order chi connectivity index (χ1) is 10.1.